The molecule has 2 heterocycles. The zero-order valence-corrected chi connectivity index (χ0v) is 9.13. The minimum absolute atomic E-state index is 0.956. The summed E-state index contributed by atoms with van der Waals surface area (Å²) in [6, 6.07) is 0. The van der Waals surface area contributed by atoms with E-state index in [-0.39, 0.29) is 0 Å². The molecule has 2 aliphatic heterocycles. The minimum atomic E-state index is 0.956. The molecule has 0 unspecified atom stereocenters. The van der Waals surface area contributed by atoms with Gasteiger partial charge < -0.3 is 10.1 Å². The Hall–Kier alpha value is -0.0800. The highest BCUT2D eigenvalue weighted by Gasteiger charge is 2.23. The highest BCUT2D eigenvalue weighted by molar-refractivity contribution is 4.76. The van der Waals surface area contributed by atoms with Crippen molar-refractivity contribution in [1.29, 1.82) is 0 Å². The first-order valence-corrected chi connectivity index (χ1v) is 6.25. The van der Waals surface area contributed by atoms with E-state index in [1.807, 2.05) is 0 Å². The third kappa shape index (κ3) is 2.96. The second-order valence-corrected chi connectivity index (χ2v) is 4.74. The quantitative estimate of drug-likeness (QED) is 0.696. The summed E-state index contributed by atoms with van der Waals surface area (Å²) in [6.45, 7) is 4.48. The Bertz CT molecular complexity index is 146. The van der Waals surface area contributed by atoms with Gasteiger partial charge in [0.05, 0.1) is 0 Å². The predicted octanol–water partition coefficient (Wildman–Crippen LogP) is 2.19. The van der Waals surface area contributed by atoms with Crippen LogP contribution in [0, 0.1) is 11.8 Å². The van der Waals surface area contributed by atoms with E-state index in [2.05, 4.69) is 5.32 Å². The van der Waals surface area contributed by atoms with Crippen LogP contribution in [0.1, 0.15) is 38.5 Å². The lowest BCUT2D eigenvalue weighted by atomic mass is 9.80. The van der Waals surface area contributed by atoms with E-state index in [0.29, 0.717) is 0 Å². The summed E-state index contributed by atoms with van der Waals surface area (Å²) in [5.74, 6) is 1.94. The smallest absolute Gasteiger partial charge is 0.0468 e. The molecule has 82 valence electrons. The molecule has 0 aliphatic carbocycles. The largest absolute Gasteiger partial charge is 0.381 e. The standard InChI is InChI=1S/C12H23NO/c1-2-9-14-10-6-11(3-1)12-4-7-13-8-5-12/h11-13H,1-10H2/t11-/m0/s1. The molecule has 0 aromatic heterocycles. The van der Waals surface area contributed by atoms with Crippen LogP contribution in [0.15, 0.2) is 0 Å². The van der Waals surface area contributed by atoms with Gasteiger partial charge in [-0.2, -0.15) is 0 Å². The third-order valence-corrected chi connectivity index (χ3v) is 3.80. The first-order valence-electron chi connectivity index (χ1n) is 6.25. The van der Waals surface area contributed by atoms with Crippen LogP contribution < -0.4 is 5.32 Å². The summed E-state index contributed by atoms with van der Waals surface area (Å²) >= 11 is 0. The molecular formula is C12H23NO. The second kappa shape index (κ2) is 5.72. The van der Waals surface area contributed by atoms with Gasteiger partial charge >= 0.3 is 0 Å². The van der Waals surface area contributed by atoms with Crippen molar-refractivity contribution >= 4 is 0 Å². The maximum atomic E-state index is 5.58. The van der Waals surface area contributed by atoms with Gasteiger partial charge in [0, 0.05) is 13.2 Å². The Labute approximate surface area is 87.4 Å². The molecule has 0 bridgehead atoms. The molecule has 0 saturated carbocycles. The van der Waals surface area contributed by atoms with Crippen molar-refractivity contribution in [3.63, 3.8) is 0 Å². The van der Waals surface area contributed by atoms with Crippen LogP contribution in [0.5, 0.6) is 0 Å². The van der Waals surface area contributed by atoms with E-state index in [4.69, 9.17) is 4.74 Å². The molecule has 0 aromatic rings. The van der Waals surface area contributed by atoms with Crippen LogP contribution >= 0.6 is 0 Å². The zero-order valence-electron chi connectivity index (χ0n) is 9.13. The number of nitrogens with one attached hydrogen (secondary N) is 1. The third-order valence-electron chi connectivity index (χ3n) is 3.80. The Morgan fingerprint density at radius 2 is 1.57 bits per heavy atom. The van der Waals surface area contributed by atoms with Gasteiger partial charge in [0.25, 0.3) is 0 Å². The summed E-state index contributed by atoms with van der Waals surface area (Å²) in [4.78, 5) is 0. The molecule has 2 rings (SSSR count). The molecule has 2 fully saturated rings. The van der Waals surface area contributed by atoms with Gasteiger partial charge in [-0.05, 0) is 50.6 Å². The van der Waals surface area contributed by atoms with Crippen molar-refractivity contribution in [2.45, 2.75) is 38.5 Å². The fraction of sp³-hybridized carbons (Fsp3) is 1.00. The van der Waals surface area contributed by atoms with E-state index in [0.717, 1.165) is 25.0 Å². The van der Waals surface area contributed by atoms with Gasteiger partial charge in [-0.1, -0.05) is 12.8 Å². The van der Waals surface area contributed by atoms with Crippen molar-refractivity contribution in [2.75, 3.05) is 26.3 Å². The number of piperidine rings is 1. The van der Waals surface area contributed by atoms with Gasteiger partial charge in [-0.15, -0.1) is 0 Å². The molecule has 2 nitrogen and oxygen atoms in total. The van der Waals surface area contributed by atoms with E-state index in [1.165, 1.54) is 51.6 Å². The van der Waals surface area contributed by atoms with E-state index in [9.17, 15) is 0 Å². The number of ether oxygens (including phenoxy) is 1. The monoisotopic (exact) mass is 197 g/mol. The number of hydrogen-bond donors (Lipinski definition) is 1. The van der Waals surface area contributed by atoms with Crippen LogP contribution in [-0.4, -0.2) is 26.3 Å². The minimum Gasteiger partial charge on any atom is -0.381 e. The van der Waals surface area contributed by atoms with Crippen LogP contribution in [0.25, 0.3) is 0 Å². The second-order valence-electron chi connectivity index (χ2n) is 4.74. The normalized spacial score (nSPS) is 32.1. The van der Waals surface area contributed by atoms with Crippen LogP contribution in [0.2, 0.25) is 0 Å². The van der Waals surface area contributed by atoms with Crippen molar-refractivity contribution in [3.8, 4) is 0 Å². The van der Waals surface area contributed by atoms with E-state index >= 15 is 0 Å². The van der Waals surface area contributed by atoms with Crippen LogP contribution in [-0.2, 0) is 4.74 Å². The summed E-state index contributed by atoms with van der Waals surface area (Å²) in [6.07, 6.45) is 8.21. The lowest BCUT2D eigenvalue weighted by molar-refractivity contribution is 0.0811. The van der Waals surface area contributed by atoms with Crippen LogP contribution in [0.4, 0.5) is 0 Å². The predicted molar refractivity (Wildman–Crippen MR) is 58.4 cm³/mol. The molecule has 1 N–H and O–H groups in total. The number of hydrogen-bond acceptors (Lipinski definition) is 2. The summed E-state index contributed by atoms with van der Waals surface area (Å²) in [7, 11) is 0. The molecule has 0 amide bonds. The maximum Gasteiger partial charge on any atom is 0.0468 e. The summed E-state index contributed by atoms with van der Waals surface area (Å²) in [5, 5.41) is 3.45. The summed E-state index contributed by atoms with van der Waals surface area (Å²) in [5.41, 5.74) is 0. The lowest BCUT2D eigenvalue weighted by Crippen LogP contribution is -2.32. The lowest BCUT2D eigenvalue weighted by Gasteiger charge is -2.31. The Balaban J connectivity index is 1.80. The van der Waals surface area contributed by atoms with Gasteiger partial charge in [0.2, 0.25) is 0 Å². The van der Waals surface area contributed by atoms with Gasteiger partial charge in [-0.25, -0.2) is 0 Å². The molecule has 2 aliphatic rings. The van der Waals surface area contributed by atoms with Gasteiger partial charge in [0.15, 0.2) is 0 Å². The topological polar surface area (TPSA) is 21.3 Å². The molecule has 1 atom stereocenters. The molecule has 2 saturated heterocycles. The Morgan fingerprint density at radius 3 is 2.43 bits per heavy atom. The van der Waals surface area contributed by atoms with E-state index < -0.39 is 0 Å². The average Bonchev–Trinajstić information content (AvgIpc) is 2.18. The number of rotatable bonds is 1. The first-order chi connectivity index (χ1) is 6.97. The zero-order chi connectivity index (χ0) is 9.64. The Morgan fingerprint density at radius 1 is 0.786 bits per heavy atom. The molecular weight excluding hydrogens is 174 g/mol. The van der Waals surface area contributed by atoms with Crippen molar-refractivity contribution in [1.82, 2.24) is 5.32 Å². The SMILES string of the molecule is C1CC[C@H](C2CCNCC2)CCOC1. The molecule has 2 heteroatoms. The highest BCUT2D eigenvalue weighted by Crippen LogP contribution is 2.30. The molecule has 0 radical (unpaired) electrons. The van der Waals surface area contributed by atoms with Crippen molar-refractivity contribution < 1.29 is 4.74 Å². The van der Waals surface area contributed by atoms with Gasteiger partial charge in [-0.3, -0.25) is 0 Å². The first kappa shape index (κ1) is 10.4. The fourth-order valence-corrected chi connectivity index (χ4v) is 2.88. The van der Waals surface area contributed by atoms with Gasteiger partial charge in [0.1, 0.15) is 0 Å². The highest BCUT2D eigenvalue weighted by atomic mass is 16.5. The van der Waals surface area contributed by atoms with Crippen LogP contribution in [0.3, 0.4) is 0 Å². The average molecular weight is 197 g/mol. The maximum absolute atomic E-state index is 5.58. The molecule has 0 spiro atoms. The van der Waals surface area contributed by atoms with E-state index in [1.54, 1.807) is 0 Å². The van der Waals surface area contributed by atoms with Crippen molar-refractivity contribution in [2.24, 2.45) is 11.8 Å². The fourth-order valence-electron chi connectivity index (χ4n) is 2.88. The molecule has 0 aromatic carbocycles. The summed E-state index contributed by atoms with van der Waals surface area (Å²) < 4.78 is 5.58. The Kier molecular flexibility index (Phi) is 4.26. The molecule has 14 heavy (non-hydrogen) atoms. The van der Waals surface area contributed by atoms with Crippen molar-refractivity contribution in [3.05, 3.63) is 0 Å².